The molecular formula is C19H20N2O3. The monoisotopic (exact) mass is 324 g/mol. The van der Waals surface area contributed by atoms with Crippen LogP contribution in [0.5, 0.6) is 5.75 Å². The Morgan fingerprint density at radius 3 is 2.46 bits per heavy atom. The molecule has 2 amide bonds. The highest BCUT2D eigenvalue weighted by Gasteiger charge is 2.29. The van der Waals surface area contributed by atoms with Crippen LogP contribution in [-0.2, 0) is 16.2 Å². The first-order valence-electron chi connectivity index (χ1n) is 7.98. The van der Waals surface area contributed by atoms with Crippen LogP contribution in [0, 0.1) is 0 Å². The first-order chi connectivity index (χ1) is 11.6. The average molecular weight is 324 g/mol. The lowest BCUT2D eigenvalue weighted by atomic mass is 10.2. The van der Waals surface area contributed by atoms with Crippen LogP contribution < -0.4 is 14.5 Å². The van der Waals surface area contributed by atoms with Gasteiger partial charge in [-0.05, 0) is 24.6 Å². The first kappa shape index (κ1) is 16.1. The largest absolute Gasteiger partial charge is 0.489 e. The zero-order valence-corrected chi connectivity index (χ0v) is 13.9. The Labute approximate surface area is 141 Å². The molecule has 5 nitrogen and oxygen atoms in total. The number of fused-ring (bicyclic) bond motifs is 1. The average Bonchev–Trinajstić information content (AvgIpc) is 2.69. The minimum absolute atomic E-state index is 0.112. The maximum Gasteiger partial charge on any atom is 0.236 e. The molecule has 1 heterocycles. The lowest BCUT2D eigenvalue weighted by molar-refractivity contribution is -0.126. The summed E-state index contributed by atoms with van der Waals surface area (Å²) in [5.41, 5.74) is 2.50. The maximum atomic E-state index is 12.2. The molecule has 1 aliphatic rings. The van der Waals surface area contributed by atoms with Crippen molar-refractivity contribution in [2.75, 3.05) is 23.4 Å². The summed E-state index contributed by atoms with van der Waals surface area (Å²) in [6, 6.07) is 15.4. The van der Waals surface area contributed by atoms with E-state index in [9.17, 15) is 9.59 Å². The highest BCUT2D eigenvalue weighted by Crippen LogP contribution is 2.35. The molecule has 0 N–H and O–H groups in total. The van der Waals surface area contributed by atoms with Crippen LogP contribution >= 0.6 is 0 Å². The van der Waals surface area contributed by atoms with Crippen LogP contribution in [0.25, 0.3) is 0 Å². The number of hydrogen-bond acceptors (Lipinski definition) is 3. The summed E-state index contributed by atoms with van der Waals surface area (Å²) in [6.07, 6.45) is -0.112. The summed E-state index contributed by atoms with van der Waals surface area (Å²) in [5, 5.41) is 0. The summed E-state index contributed by atoms with van der Waals surface area (Å²) in [7, 11) is 1.69. The SMILES string of the molecule is CCN1C(=O)CC(=O)N(C)c2cc(OCc3ccccc3)ccc21. The summed E-state index contributed by atoms with van der Waals surface area (Å²) >= 11 is 0. The molecular weight excluding hydrogens is 304 g/mol. The van der Waals surface area contributed by atoms with Gasteiger partial charge in [-0.15, -0.1) is 0 Å². The second-order valence-corrected chi connectivity index (χ2v) is 5.69. The fourth-order valence-corrected chi connectivity index (χ4v) is 2.79. The van der Waals surface area contributed by atoms with E-state index in [0.717, 1.165) is 11.3 Å². The Kier molecular flexibility index (Phi) is 4.51. The number of carbonyl (C=O) groups excluding carboxylic acids is 2. The van der Waals surface area contributed by atoms with Crippen molar-refractivity contribution in [2.45, 2.75) is 20.0 Å². The molecule has 0 spiro atoms. The van der Waals surface area contributed by atoms with Crippen LogP contribution in [0.3, 0.4) is 0 Å². The number of nitrogens with zero attached hydrogens (tertiary/aromatic N) is 2. The van der Waals surface area contributed by atoms with Crippen LogP contribution in [0.4, 0.5) is 11.4 Å². The molecule has 0 aliphatic carbocycles. The third-order valence-corrected chi connectivity index (χ3v) is 4.14. The van der Waals surface area contributed by atoms with Crippen molar-refractivity contribution < 1.29 is 14.3 Å². The van der Waals surface area contributed by atoms with Crippen molar-refractivity contribution >= 4 is 23.2 Å². The van der Waals surface area contributed by atoms with Crippen molar-refractivity contribution in [1.29, 1.82) is 0 Å². The van der Waals surface area contributed by atoms with Gasteiger partial charge >= 0.3 is 0 Å². The smallest absolute Gasteiger partial charge is 0.236 e. The number of carbonyl (C=O) groups is 2. The lowest BCUT2D eigenvalue weighted by Crippen LogP contribution is -2.31. The quantitative estimate of drug-likeness (QED) is 0.813. The summed E-state index contributed by atoms with van der Waals surface area (Å²) < 4.78 is 5.84. The highest BCUT2D eigenvalue weighted by molar-refractivity contribution is 6.15. The molecule has 0 atom stereocenters. The predicted molar refractivity (Wildman–Crippen MR) is 93.3 cm³/mol. The van der Waals surface area contributed by atoms with Gasteiger partial charge < -0.3 is 14.5 Å². The molecule has 124 valence electrons. The third-order valence-electron chi connectivity index (χ3n) is 4.14. The summed E-state index contributed by atoms with van der Waals surface area (Å²) in [5.74, 6) is 0.283. The Morgan fingerprint density at radius 2 is 1.75 bits per heavy atom. The second kappa shape index (κ2) is 6.74. The van der Waals surface area contributed by atoms with Crippen LogP contribution in [0.2, 0.25) is 0 Å². The van der Waals surface area contributed by atoms with Gasteiger partial charge in [0, 0.05) is 19.7 Å². The van der Waals surface area contributed by atoms with E-state index in [-0.39, 0.29) is 18.2 Å². The van der Waals surface area contributed by atoms with Gasteiger partial charge in [0.05, 0.1) is 11.4 Å². The Bertz CT molecular complexity index is 758. The van der Waals surface area contributed by atoms with E-state index in [4.69, 9.17) is 4.74 Å². The molecule has 0 bridgehead atoms. The first-order valence-corrected chi connectivity index (χ1v) is 7.98. The van der Waals surface area contributed by atoms with Crippen LogP contribution in [0.1, 0.15) is 18.9 Å². The molecule has 2 aromatic rings. The van der Waals surface area contributed by atoms with Gasteiger partial charge in [0.15, 0.2) is 0 Å². The summed E-state index contributed by atoms with van der Waals surface area (Å²) in [4.78, 5) is 27.5. The zero-order valence-electron chi connectivity index (χ0n) is 13.9. The van der Waals surface area contributed by atoms with E-state index in [1.165, 1.54) is 4.90 Å². The Morgan fingerprint density at radius 1 is 1.00 bits per heavy atom. The van der Waals surface area contributed by atoms with Crippen molar-refractivity contribution in [1.82, 2.24) is 0 Å². The van der Waals surface area contributed by atoms with Crippen molar-refractivity contribution in [3.05, 3.63) is 54.1 Å². The molecule has 0 aromatic heterocycles. The fourth-order valence-electron chi connectivity index (χ4n) is 2.79. The molecule has 0 radical (unpaired) electrons. The van der Waals surface area contributed by atoms with E-state index in [0.29, 0.717) is 24.6 Å². The minimum Gasteiger partial charge on any atom is -0.489 e. The lowest BCUT2D eigenvalue weighted by Gasteiger charge is -2.23. The molecule has 0 unspecified atom stereocenters. The van der Waals surface area contributed by atoms with Gasteiger partial charge in [0.1, 0.15) is 18.8 Å². The standard InChI is InChI=1S/C19H20N2O3/c1-3-21-16-10-9-15(24-13-14-7-5-4-6-8-14)11-17(16)20(2)18(22)12-19(21)23/h4-11H,3,12-13H2,1-2H3. The third kappa shape index (κ3) is 3.11. The molecule has 5 heteroatoms. The normalized spacial score (nSPS) is 14.4. The number of benzene rings is 2. The maximum absolute atomic E-state index is 12.2. The van der Waals surface area contributed by atoms with Gasteiger partial charge in [0.25, 0.3) is 0 Å². The number of anilines is 2. The summed E-state index contributed by atoms with van der Waals surface area (Å²) in [6.45, 7) is 2.88. The van der Waals surface area contributed by atoms with E-state index >= 15 is 0 Å². The number of rotatable bonds is 4. The molecule has 0 saturated carbocycles. The fraction of sp³-hybridized carbons (Fsp3) is 0.263. The second-order valence-electron chi connectivity index (χ2n) is 5.69. The molecule has 3 rings (SSSR count). The van der Waals surface area contributed by atoms with Crippen molar-refractivity contribution in [3.8, 4) is 5.75 Å². The molecule has 2 aromatic carbocycles. The number of hydrogen-bond donors (Lipinski definition) is 0. The number of amides is 2. The zero-order chi connectivity index (χ0) is 17.1. The van der Waals surface area contributed by atoms with Gasteiger partial charge in [0.2, 0.25) is 11.8 Å². The van der Waals surface area contributed by atoms with Gasteiger partial charge in [-0.1, -0.05) is 30.3 Å². The van der Waals surface area contributed by atoms with Crippen molar-refractivity contribution in [2.24, 2.45) is 0 Å². The molecule has 1 aliphatic heterocycles. The van der Waals surface area contributed by atoms with E-state index in [2.05, 4.69) is 0 Å². The van der Waals surface area contributed by atoms with Crippen LogP contribution in [0.15, 0.2) is 48.5 Å². The Balaban J connectivity index is 1.89. The topological polar surface area (TPSA) is 49.9 Å². The minimum atomic E-state index is -0.211. The van der Waals surface area contributed by atoms with Gasteiger partial charge in [-0.25, -0.2) is 0 Å². The highest BCUT2D eigenvalue weighted by atomic mass is 16.5. The van der Waals surface area contributed by atoms with Gasteiger partial charge in [-0.3, -0.25) is 9.59 Å². The molecule has 0 saturated heterocycles. The van der Waals surface area contributed by atoms with Crippen molar-refractivity contribution in [3.63, 3.8) is 0 Å². The van der Waals surface area contributed by atoms with Gasteiger partial charge in [-0.2, -0.15) is 0 Å². The molecule has 0 fully saturated rings. The van der Waals surface area contributed by atoms with Crippen LogP contribution in [-0.4, -0.2) is 25.4 Å². The molecule has 24 heavy (non-hydrogen) atoms. The van der Waals surface area contributed by atoms with E-state index < -0.39 is 0 Å². The predicted octanol–water partition coefficient (Wildman–Crippen LogP) is 2.99. The van der Waals surface area contributed by atoms with E-state index in [1.54, 1.807) is 11.9 Å². The number of ether oxygens (including phenoxy) is 1. The Hall–Kier alpha value is -2.82. The van der Waals surface area contributed by atoms with E-state index in [1.807, 2.05) is 55.5 Å².